The molecule has 4 amide bonds. The predicted molar refractivity (Wildman–Crippen MR) is 116 cm³/mol. The molecule has 5 unspecified atom stereocenters. The Hall–Kier alpha value is -3.75. The maximum absolute atomic E-state index is 12.7. The summed E-state index contributed by atoms with van der Waals surface area (Å²) < 4.78 is 0. The number of phenolic OH excluding ortho intramolecular Hbond substituents is 1. The zero-order valence-electron chi connectivity index (χ0n) is 18.3. The van der Waals surface area contributed by atoms with Gasteiger partial charge in [0, 0.05) is 6.42 Å². The number of amides is 4. The first-order valence-corrected chi connectivity index (χ1v) is 10.1. The number of benzene rings is 1. The minimum Gasteiger partial charge on any atom is -0.508 e. The number of nitrogens with one attached hydrogen (secondary N) is 3. The molecule has 34 heavy (non-hydrogen) atoms. The van der Waals surface area contributed by atoms with Crippen molar-refractivity contribution in [2.24, 2.45) is 11.5 Å². The quantitative estimate of drug-likeness (QED) is 0.131. The van der Waals surface area contributed by atoms with Gasteiger partial charge in [0.25, 0.3) is 0 Å². The third-order valence-corrected chi connectivity index (χ3v) is 4.63. The van der Waals surface area contributed by atoms with Gasteiger partial charge in [-0.2, -0.15) is 0 Å². The van der Waals surface area contributed by atoms with E-state index in [1.165, 1.54) is 24.3 Å². The highest BCUT2D eigenvalue weighted by atomic mass is 16.4. The minimum atomic E-state index is -1.66. The fourth-order valence-corrected chi connectivity index (χ4v) is 2.76. The lowest BCUT2D eigenvalue weighted by Crippen LogP contribution is -2.60. The lowest BCUT2D eigenvalue weighted by Gasteiger charge is -2.26. The number of hydrogen-bond acceptors (Lipinski definition) is 9. The molecule has 0 aliphatic carbocycles. The van der Waals surface area contributed by atoms with E-state index >= 15 is 0 Å². The monoisotopic (exact) mass is 483 g/mol. The number of hydrogen-bond donors (Lipinski definition) is 9. The number of carbonyl (C=O) groups is 5. The van der Waals surface area contributed by atoms with Gasteiger partial charge in [0.1, 0.15) is 29.9 Å². The molecule has 0 saturated carbocycles. The summed E-state index contributed by atoms with van der Waals surface area (Å²) in [5.74, 6) is -5.50. The Kier molecular flexibility index (Phi) is 10.9. The standard InChI is InChI=1S/C20H29N5O9/c1-9(27)16(25-18(31)13(7-15(22)29)23-17(30)12(21)8-26)19(32)24-14(20(33)34)6-10-2-4-11(28)5-3-10/h2-5,9,12-14,16,26-28H,6-8,21H2,1H3,(H2,22,29)(H,23,30)(H,24,32)(H,25,31)(H,33,34). The Labute approximate surface area is 194 Å². The normalized spacial score (nSPS) is 15.2. The van der Waals surface area contributed by atoms with Gasteiger partial charge in [-0.25, -0.2) is 4.79 Å². The van der Waals surface area contributed by atoms with Crippen LogP contribution in [0, 0.1) is 0 Å². The summed E-state index contributed by atoms with van der Waals surface area (Å²) in [6.45, 7) is 0.413. The summed E-state index contributed by atoms with van der Waals surface area (Å²) >= 11 is 0. The van der Waals surface area contributed by atoms with Crippen molar-refractivity contribution in [1.82, 2.24) is 16.0 Å². The molecule has 1 rings (SSSR count). The van der Waals surface area contributed by atoms with Gasteiger partial charge in [0.2, 0.25) is 23.6 Å². The molecule has 11 N–H and O–H groups in total. The van der Waals surface area contributed by atoms with Crippen LogP contribution in [0.1, 0.15) is 18.9 Å². The summed E-state index contributed by atoms with van der Waals surface area (Å²) in [6, 6.07) is -0.486. The van der Waals surface area contributed by atoms with Crippen LogP contribution in [0.5, 0.6) is 5.75 Å². The molecular formula is C20H29N5O9. The molecule has 0 aliphatic heterocycles. The van der Waals surface area contributed by atoms with Crippen LogP contribution in [0.3, 0.4) is 0 Å². The van der Waals surface area contributed by atoms with E-state index in [2.05, 4.69) is 16.0 Å². The molecule has 14 nitrogen and oxygen atoms in total. The van der Waals surface area contributed by atoms with Crippen molar-refractivity contribution in [1.29, 1.82) is 0 Å². The SMILES string of the molecule is CC(O)C(NC(=O)C(CC(N)=O)NC(=O)C(N)CO)C(=O)NC(Cc1ccc(O)cc1)C(=O)O. The van der Waals surface area contributed by atoms with Crippen molar-refractivity contribution in [3.05, 3.63) is 29.8 Å². The number of rotatable bonds is 13. The molecule has 0 bridgehead atoms. The van der Waals surface area contributed by atoms with E-state index < -0.39 is 72.9 Å². The van der Waals surface area contributed by atoms with E-state index in [4.69, 9.17) is 16.6 Å². The Morgan fingerprint density at radius 2 is 1.50 bits per heavy atom. The largest absolute Gasteiger partial charge is 0.508 e. The molecule has 0 fully saturated rings. The third kappa shape index (κ3) is 9.01. The smallest absolute Gasteiger partial charge is 0.326 e. The first kappa shape index (κ1) is 28.3. The predicted octanol–water partition coefficient (Wildman–Crippen LogP) is -3.95. The van der Waals surface area contributed by atoms with Gasteiger partial charge in [-0.05, 0) is 24.6 Å². The van der Waals surface area contributed by atoms with Gasteiger partial charge in [0.15, 0.2) is 0 Å². The van der Waals surface area contributed by atoms with Crippen molar-refractivity contribution in [3.63, 3.8) is 0 Å². The van der Waals surface area contributed by atoms with Crippen LogP contribution in [0.4, 0.5) is 0 Å². The molecule has 1 aromatic carbocycles. The fraction of sp³-hybridized carbons (Fsp3) is 0.450. The summed E-state index contributed by atoms with van der Waals surface area (Å²) in [7, 11) is 0. The summed E-state index contributed by atoms with van der Waals surface area (Å²) in [5.41, 5.74) is 10.9. The summed E-state index contributed by atoms with van der Waals surface area (Å²) in [5, 5.41) is 44.2. The number of aliphatic hydroxyl groups is 2. The number of carboxylic acids is 1. The molecule has 188 valence electrons. The first-order valence-electron chi connectivity index (χ1n) is 10.1. The van der Waals surface area contributed by atoms with Gasteiger partial charge in [0.05, 0.1) is 19.1 Å². The zero-order chi connectivity index (χ0) is 26.0. The molecular weight excluding hydrogens is 454 g/mol. The Morgan fingerprint density at radius 1 is 0.941 bits per heavy atom. The van der Waals surface area contributed by atoms with Gasteiger partial charge in [-0.15, -0.1) is 0 Å². The second-order valence-corrected chi connectivity index (χ2v) is 7.52. The number of carbonyl (C=O) groups excluding carboxylic acids is 4. The fourth-order valence-electron chi connectivity index (χ4n) is 2.76. The maximum atomic E-state index is 12.7. The highest BCUT2D eigenvalue weighted by Crippen LogP contribution is 2.12. The van der Waals surface area contributed by atoms with Crippen molar-refractivity contribution < 1.29 is 44.4 Å². The molecule has 0 radical (unpaired) electrons. The molecule has 0 aromatic heterocycles. The van der Waals surface area contributed by atoms with Crippen LogP contribution in [-0.4, -0.2) is 86.9 Å². The molecule has 5 atom stereocenters. The Balaban J connectivity index is 2.97. The molecule has 0 aliphatic rings. The number of phenols is 1. The third-order valence-electron chi connectivity index (χ3n) is 4.63. The van der Waals surface area contributed by atoms with Crippen LogP contribution >= 0.6 is 0 Å². The number of primary amides is 1. The van der Waals surface area contributed by atoms with Crippen LogP contribution < -0.4 is 27.4 Å². The van der Waals surface area contributed by atoms with Gasteiger partial charge < -0.3 is 47.8 Å². The zero-order valence-corrected chi connectivity index (χ0v) is 18.3. The van der Waals surface area contributed by atoms with Gasteiger partial charge in [-0.3, -0.25) is 19.2 Å². The van der Waals surface area contributed by atoms with Crippen LogP contribution in [-0.2, 0) is 30.4 Å². The number of carboxylic acid groups (broad SMARTS) is 1. The summed E-state index contributed by atoms with van der Waals surface area (Å²) in [6.07, 6.45) is -2.35. The summed E-state index contributed by atoms with van der Waals surface area (Å²) in [4.78, 5) is 60.1. The first-order chi connectivity index (χ1) is 15.8. The molecule has 0 spiro atoms. The van der Waals surface area contributed by atoms with Crippen molar-refractivity contribution in [3.8, 4) is 5.75 Å². The number of aromatic hydroxyl groups is 1. The lowest BCUT2D eigenvalue weighted by atomic mass is 10.0. The lowest BCUT2D eigenvalue weighted by molar-refractivity contribution is -0.143. The average molecular weight is 483 g/mol. The average Bonchev–Trinajstić information content (AvgIpc) is 2.76. The second-order valence-electron chi connectivity index (χ2n) is 7.52. The van der Waals surface area contributed by atoms with E-state index in [9.17, 15) is 39.3 Å². The van der Waals surface area contributed by atoms with E-state index in [1.807, 2.05) is 0 Å². The molecule has 0 saturated heterocycles. The molecule has 0 heterocycles. The van der Waals surface area contributed by atoms with Crippen LogP contribution in [0.2, 0.25) is 0 Å². The van der Waals surface area contributed by atoms with E-state index in [0.717, 1.165) is 6.92 Å². The van der Waals surface area contributed by atoms with E-state index in [1.54, 1.807) is 0 Å². The maximum Gasteiger partial charge on any atom is 0.326 e. The minimum absolute atomic E-state index is 0.0332. The highest BCUT2D eigenvalue weighted by molar-refractivity contribution is 5.96. The van der Waals surface area contributed by atoms with Crippen molar-refractivity contribution in [2.75, 3.05) is 6.61 Å². The second kappa shape index (κ2) is 13.1. The van der Waals surface area contributed by atoms with Crippen molar-refractivity contribution in [2.45, 2.75) is 50.0 Å². The number of aliphatic hydroxyl groups excluding tert-OH is 2. The highest BCUT2D eigenvalue weighted by Gasteiger charge is 2.33. The number of nitrogens with two attached hydrogens (primary N) is 2. The Bertz CT molecular complexity index is 891. The molecule has 1 aromatic rings. The van der Waals surface area contributed by atoms with E-state index in [-0.39, 0.29) is 12.2 Å². The molecule has 14 heteroatoms. The van der Waals surface area contributed by atoms with E-state index in [0.29, 0.717) is 5.56 Å². The van der Waals surface area contributed by atoms with Gasteiger partial charge >= 0.3 is 5.97 Å². The number of aliphatic carboxylic acids is 1. The van der Waals surface area contributed by atoms with Gasteiger partial charge in [-0.1, -0.05) is 12.1 Å². The van der Waals surface area contributed by atoms with Crippen LogP contribution in [0.15, 0.2) is 24.3 Å². The van der Waals surface area contributed by atoms with Crippen molar-refractivity contribution >= 4 is 29.6 Å². The van der Waals surface area contributed by atoms with Crippen LogP contribution in [0.25, 0.3) is 0 Å². The topological polar surface area (TPSA) is 254 Å². The Morgan fingerprint density at radius 3 is 1.97 bits per heavy atom.